The molecule has 0 heterocycles. The van der Waals surface area contributed by atoms with Gasteiger partial charge in [-0.2, -0.15) is 0 Å². The fourth-order valence-corrected chi connectivity index (χ4v) is 2.84. The summed E-state index contributed by atoms with van der Waals surface area (Å²) >= 11 is 3.44. The lowest BCUT2D eigenvalue weighted by Crippen LogP contribution is -2.13. The van der Waals surface area contributed by atoms with E-state index in [9.17, 15) is 4.79 Å². The van der Waals surface area contributed by atoms with E-state index in [1.807, 2.05) is 26.0 Å². The zero-order chi connectivity index (χ0) is 18.6. The molecule has 0 saturated carbocycles. The van der Waals surface area contributed by atoms with Crippen molar-refractivity contribution in [1.82, 2.24) is 0 Å². The molecule has 0 saturated heterocycles. The largest absolute Gasteiger partial charge is 0.492 e. The van der Waals surface area contributed by atoms with Crippen LogP contribution in [0.4, 0.5) is 0 Å². The lowest BCUT2D eigenvalue weighted by Gasteiger charge is -2.20. The first-order valence-corrected chi connectivity index (χ1v) is 9.27. The number of hydrogen-bond acceptors (Lipinski definition) is 3. The molecule has 0 unspecified atom stereocenters. The lowest BCUT2D eigenvalue weighted by molar-refractivity contribution is 0.0733. The molecule has 3 nitrogen and oxygen atoms in total. The zero-order valence-corrected chi connectivity index (χ0v) is 17.1. The van der Waals surface area contributed by atoms with Crippen molar-refractivity contribution in [3.05, 3.63) is 57.6 Å². The molecule has 0 spiro atoms. The van der Waals surface area contributed by atoms with Crippen LogP contribution in [0.2, 0.25) is 0 Å². The van der Waals surface area contributed by atoms with Crippen LogP contribution in [0, 0.1) is 6.92 Å². The zero-order valence-electron chi connectivity index (χ0n) is 15.5. The maximum Gasteiger partial charge on any atom is 0.343 e. The van der Waals surface area contributed by atoms with Crippen LogP contribution in [0.1, 0.15) is 55.6 Å². The first-order chi connectivity index (χ1) is 11.7. The number of aryl methyl sites for hydroxylation is 1. The summed E-state index contributed by atoms with van der Waals surface area (Å²) in [6.07, 6.45) is 0.931. The first kappa shape index (κ1) is 19.5. The third kappa shape index (κ3) is 5.08. The maximum absolute atomic E-state index is 12.4. The molecule has 0 fully saturated rings. The number of carbonyl (C=O) groups excluding carboxylic acids is 1. The number of esters is 1. The van der Waals surface area contributed by atoms with Gasteiger partial charge in [-0.1, -0.05) is 39.8 Å². The molecule has 0 N–H and O–H groups in total. The summed E-state index contributed by atoms with van der Waals surface area (Å²) in [6.45, 7) is 11.1. The smallest absolute Gasteiger partial charge is 0.343 e. The monoisotopic (exact) mass is 404 g/mol. The van der Waals surface area contributed by atoms with Gasteiger partial charge in [0.1, 0.15) is 11.5 Å². The number of benzene rings is 2. The van der Waals surface area contributed by atoms with E-state index in [4.69, 9.17) is 9.47 Å². The fourth-order valence-electron chi connectivity index (χ4n) is 2.35. The third-order valence-corrected chi connectivity index (χ3v) is 4.49. The van der Waals surface area contributed by atoms with Crippen molar-refractivity contribution >= 4 is 21.9 Å². The number of carbonyl (C=O) groups is 1. The highest BCUT2D eigenvalue weighted by Gasteiger charge is 2.17. The van der Waals surface area contributed by atoms with E-state index < -0.39 is 0 Å². The SMILES string of the molecule is CCCOc1ccc(C(=O)Oc2ccc(C(C)(C)C)cc2C)cc1Br. The summed E-state index contributed by atoms with van der Waals surface area (Å²) in [4.78, 5) is 12.4. The number of hydrogen-bond donors (Lipinski definition) is 0. The third-order valence-electron chi connectivity index (χ3n) is 3.87. The Kier molecular flexibility index (Phi) is 6.28. The molecule has 0 amide bonds. The fraction of sp³-hybridized carbons (Fsp3) is 0.381. The maximum atomic E-state index is 12.4. The molecule has 0 radical (unpaired) electrons. The van der Waals surface area contributed by atoms with Gasteiger partial charge in [0.15, 0.2) is 0 Å². The Hall–Kier alpha value is -1.81. The Morgan fingerprint density at radius 1 is 1.08 bits per heavy atom. The average Bonchev–Trinajstić information content (AvgIpc) is 2.54. The Labute approximate surface area is 158 Å². The number of rotatable bonds is 5. The van der Waals surface area contributed by atoms with Gasteiger partial charge in [0.05, 0.1) is 16.6 Å². The van der Waals surface area contributed by atoms with Crippen LogP contribution in [-0.2, 0) is 5.41 Å². The predicted molar refractivity (Wildman–Crippen MR) is 105 cm³/mol. The molecule has 25 heavy (non-hydrogen) atoms. The van der Waals surface area contributed by atoms with Crippen molar-refractivity contribution in [2.75, 3.05) is 6.61 Å². The molecular weight excluding hydrogens is 380 g/mol. The molecule has 2 rings (SSSR count). The molecule has 134 valence electrons. The van der Waals surface area contributed by atoms with E-state index in [1.54, 1.807) is 18.2 Å². The number of halogens is 1. The van der Waals surface area contributed by atoms with Gasteiger partial charge in [-0.3, -0.25) is 0 Å². The first-order valence-electron chi connectivity index (χ1n) is 8.48. The average molecular weight is 405 g/mol. The van der Waals surface area contributed by atoms with Crippen LogP contribution in [0.25, 0.3) is 0 Å². The van der Waals surface area contributed by atoms with Crippen molar-refractivity contribution in [2.45, 2.75) is 46.5 Å². The normalized spacial score (nSPS) is 11.3. The van der Waals surface area contributed by atoms with Crippen molar-refractivity contribution in [1.29, 1.82) is 0 Å². The molecule has 0 aromatic heterocycles. The minimum Gasteiger partial charge on any atom is -0.492 e. The molecular formula is C21H25BrO3. The highest BCUT2D eigenvalue weighted by Crippen LogP contribution is 2.29. The Morgan fingerprint density at radius 3 is 2.32 bits per heavy atom. The van der Waals surface area contributed by atoms with E-state index >= 15 is 0 Å². The standard InChI is InChI=1S/C21H25BrO3/c1-6-11-24-19-9-7-15(13-17(19)22)20(23)25-18-10-8-16(12-14(18)2)21(3,4)5/h7-10,12-13H,6,11H2,1-5H3. The molecule has 2 aromatic rings. The quantitative estimate of drug-likeness (QED) is 0.448. The predicted octanol–water partition coefficient (Wildman–Crippen LogP) is 6.06. The van der Waals surface area contributed by atoms with Crippen molar-refractivity contribution < 1.29 is 14.3 Å². The molecule has 0 bridgehead atoms. The summed E-state index contributed by atoms with van der Waals surface area (Å²) < 4.78 is 11.9. The van der Waals surface area contributed by atoms with Crippen LogP contribution in [-0.4, -0.2) is 12.6 Å². The second kappa shape index (κ2) is 8.05. The van der Waals surface area contributed by atoms with Crippen molar-refractivity contribution in [2.24, 2.45) is 0 Å². The van der Waals surface area contributed by atoms with Gasteiger partial charge in [-0.25, -0.2) is 4.79 Å². The van der Waals surface area contributed by atoms with E-state index in [0.29, 0.717) is 17.9 Å². The summed E-state index contributed by atoms with van der Waals surface area (Å²) in [5.41, 5.74) is 2.70. The molecule has 2 aromatic carbocycles. The molecule has 0 atom stereocenters. The van der Waals surface area contributed by atoms with E-state index in [2.05, 4.69) is 42.8 Å². The summed E-state index contributed by atoms with van der Waals surface area (Å²) in [7, 11) is 0. The van der Waals surface area contributed by atoms with E-state index in [1.165, 1.54) is 5.56 Å². The van der Waals surface area contributed by atoms with Gasteiger partial charge in [0.25, 0.3) is 0 Å². The minimum atomic E-state index is -0.380. The van der Waals surface area contributed by atoms with Gasteiger partial charge in [0.2, 0.25) is 0 Å². The Balaban J connectivity index is 2.16. The molecule has 0 aliphatic rings. The van der Waals surface area contributed by atoms with Gasteiger partial charge < -0.3 is 9.47 Å². The van der Waals surface area contributed by atoms with Crippen molar-refractivity contribution in [3.63, 3.8) is 0 Å². The van der Waals surface area contributed by atoms with Gasteiger partial charge in [-0.15, -0.1) is 0 Å². The highest BCUT2D eigenvalue weighted by atomic mass is 79.9. The van der Waals surface area contributed by atoms with Crippen LogP contribution >= 0.6 is 15.9 Å². The molecule has 4 heteroatoms. The minimum absolute atomic E-state index is 0.0620. The molecule has 0 aliphatic carbocycles. The van der Waals surface area contributed by atoms with Crippen molar-refractivity contribution in [3.8, 4) is 11.5 Å². The second-order valence-corrected chi connectivity index (χ2v) is 7.97. The summed E-state index contributed by atoms with van der Waals surface area (Å²) in [5.74, 6) is 0.930. The van der Waals surface area contributed by atoms with Crippen LogP contribution in [0.3, 0.4) is 0 Å². The second-order valence-electron chi connectivity index (χ2n) is 7.11. The lowest BCUT2D eigenvalue weighted by atomic mass is 9.86. The topological polar surface area (TPSA) is 35.5 Å². The van der Waals surface area contributed by atoms with Gasteiger partial charge >= 0.3 is 5.97 Å². The number of ether oxygens (including phenoxy) is 2. The van der Waals surface area contributed by atoms with Crippen LogP contribution < -0.4 is 9.47 Å². The summed E-state index contributed by atoms with van der Waals surface area (Å²) in [5, 5.41) is 0. The van der Waals surface area contributed by atoms with E-state index in [0.717, 1.165) is 22.2 Å². The van der Waals surface area contributed by atoms with Gasteiger partial charge in [0, 0.05) is 0 Å². The highest BCUT2D eigenvalue weighted by molar-refractivity contribution is 9.10. The van der Waals surface area contributed by atoms with Crippen LogP contribution in [0.15, 0.2) is 40.9 Å². The summed E-state index contributed by atoms with van der Waals surface area (Å²) in [6, 6.07) is 11.2. The van der Waals surface area contributed by atoms with Crippen LogP contribution in [0.5, 0.6) is 11.5 Å². The Bertz CT molecular complexity index is 760. The van der Waals surface area contributed by atoms with E-state index in [-0.39, 0.29) is 11.4 Å². The van der Waals surface area contributed by atoms with Gasteiger partial charge in [-0.05, 0) is 70.1 Å². The Morgan fingerprint density at radius 2 is 1.76 bits per heavy atom. The molecule has 0 aliphatic heterocycles.